The minimum Gasteiger partial charge on any atom is -0.289 e. The summed E-state index contributed by atoms with van der Waals surface area (Å²) in [6.45, 7) is 0. The van der Waals surface area contributed by atoms with Gasteiger partial charge in [-0.25, -0.2) is 0 Å². The van der Waals surface area contributed by atoms with Crippen molar-refractivity contribution in [1.29, 1.82) is 0 Å². The zero-order valence-electron chi connectivity index (χ0n) is 22.4. The molecule has 0 aromatic heterocycles. The van der Waals surface area contributed by atoms with Crippen molar-refractivity contribution in [2.24, 2.45) is 0 Å². The number of aryl methyl sites for hydroxylation is 8. The van der Waals surface area contributed by atoms with Crippen LogP contribution in [0.3, 0.4) is 0 Å². The molecule has 0 unspecified atom stereocenters. The van der Waals surface area contributed by atoms with Gasteiger partial charge in [-0.2, -0.15) is 0 Å². The molecule has 190 valence electrons. The molecule has 0 atom stereocenters. The SMILES string of the molecule is O=C1C(C2=Cc3c4ccc(c3C2)CCc2ccc(cc2)CC4)=Cc2c3ccc(c21)CCc1ccc(cc1)CC3. The van der Waals surface area contributed by atoms with Crippen molar-refractivity contribution in [3.8, 4) is 0 Å². The van der Waals surface area contributed by atoms with Crippen molar-refractivity contribution in [2.45, 2.75) is 57.8 Å². The van der Waals surface area contributed by atoms with E-state index < -0.39 is 0 Å². The van der Waals surface area contributed by atoms with Crippen molar-refractivity contribution >= 4 is 17.9 Å². The quantitative estimate of drug-likeness (QED) is 0.260. The number of ketones is 1. The fraction of sp³-hybridized carbons (Fsp3) is 0.237. The van der Waals surface area contributed by atoms with Crippen molar-refractivity contribution in [3.05, 3.63) is 151 Å². The van der Waals surface area contributed by atoms with Crippen LogP contribution in [0.5, 0.6) is 0 Å². The summed E-state index contributed by atoms with van der Waals surface area (Å²) in [6, 6.07) is 27.5. The van der Waals surface area contributed by atoms with Gasteiger partial charge in [0.15, 0.2) is 5.78 Å². The first kappa shape index (κ1) is 23.0. The van der Waals surface area contributed by atoms with E-state index in [1.54, 1.807) is 0 Å². The second-order valence-corrected chi connectivity index (χ2v) is 11.8. The Labute approximate surface area is 230 Å². The van der Waals surface area contributed by atoms with E-state index in [9.17, 15) is 4.79 Å². The number of hydrogen-bond acceptors (Lipinski definition) is 1. The molecule has 1 nitrogen and oxygen atoms in total. The summed E-state index contributed by atoms with van der Waals surface area (Å²) in [5, 5.41) is 0. The van der Waals surface area contributed by atoms with Gasteiger partial charge >= 0.3 is 0 Å². The molecular formula is C38H32O. The molecule has 10 aliphatic rings. The summed E-state index contributed by atoms with van der Waals surface area (Å²) in [6.07, 6.45) is 13.5. The fourth-order valence-corrected chi connectivity index (χ4v) is 7.20. The minimum absolute atomic E-state index is 0.241. The van der Waals surface area contributed by atoms with Crippen LogP contribution in [0, 0.1) is 0 Å². The first-order valence-electron chi connectivity index (χ1n) is 14.6. The topological polar surface area (TPSA) is 17.1 Å². The standard InChI is InChI=1S/C38H32O/c39-38-36(23-35-30-15-11-26-5-7-27(8-6-26)12-16-31(20-19-30)37(35)38)32-21-33-28-13-9-24-1-2-25(4-3-24)10-14-29(18-17-28)34(33)22-32/h1-8,17-21,23H,9-16,22H2. The number of Topliss-reactive ketones (excluding diaryl/α,β-unsaturated/α-hetero) is 1. The predicted octanol–water partition coefficient (Wildman–Crippen LogP) is 7.67. The lowest BCUT2D eigenvalue weighted by molar-refractivity contribution is 0.103. The van der Waals surface area contributed by atoms with Crippen molar-refractivity contribution in [2.75, 3.05) is 0 Å². The normalized spacial score (nSPS) is 17.2. The molecule has 0 aliphatic heterocycles. The number of hydrogen-bond donors (Lipinski definition) is 0. The fourth-order valence-electron chi connectivity index (χ4n) is 7.20. The summed E-state index contributed by atoms with van der Waals surface area (Å²) in [5.41, 5.74) is 18.0. The van der Waals surface area contributed by atoms with Gasteiger partial charge in [0, 0.05) is 11.1 Å². The Hall–Kier alpha value is -3.97. The van der Waals surface area contributed by atoms with Gasteiger partial charge in [0.25, 0.3) is 0 Å². The molecule has 0 spiro atoms. The molecule has 0 saturated carbocycles. The second-order valence-electron chi connectivity index (χ2n) is 11.8. The maximum absolute atomic E-state index is 14.2. The lowest BCUT2D eigenvalue weighted by Crippen LogP contribution is -2.09. The summed E-state index contributed by atoms with van der Waals surface area (Å²) in [4.78, 5) is 14.2. The molecule has 39 heavy (non-hydrogen) atoms. The average Bonchev–Trinajstić information content (AvgIpc) is 3.54. The van der Waals surface area contributed by atoms with Crippen LogP contribution in [0.2, 0.25) is 0 Å². The van der Waals surface area contributed by atoms with Gasteiger partial charge in [-0.1, -0.05) is 78.9 Å². The third kappa shape index (κ3) is 3.95. The van der Waals surface area contributed by atoms with Crippen molar-refractivity contribution in [3.63, 3.8) is 0 Å². The first-order chi connectivity index (χ1) is 19.2. The van der Waals surface area contributed by atoms with Crippen LogP contribution in [0.15, 0.2) is 83.9 Å². The molecule has 0 fully saturated rings. The Morgan fingerprint density at radius 3 is 1.49 bits per heavy atom. The molecule has 14 rings (SSSR count). The molecule has 4 aromatic carbocycles. The van der Waals surface area contributed by atoms with Crippen LogP contribution in [0.4, 0.5) is 0 Å². The van der Waals surface area contributed by atoms with Crippen LogP contribution >= 0.6 is 0 Å². The minimum atomic E-state index is 0.241. The van der Waals surface area contributed by atoms with E-state index in [1.165, 1.54) is 66.8 Å². The van der Waals surface area contributed by atoms with E-state index in [2.05, 4.69) is 84.9 Å². The number of carbonyl (C=O) groups is 1. The van der Waals surface area contributed by atoms with Gasteiger partial charge in [0.1, 0.15) is 0 Å². The highest BCUT2D eigenvalue weighted by Gasteiger charge is 2.32. The monoisotopic (exact) mass is 504 g/mol. The zero-order chi connectivity index (χ0) is 25.9. The molecule has 1 heteroatoms. The Morgan fingerprint density at radius 2 is 0.897 bits per heavy atom. The van der Waals surface area contributed by atoms with Crippen LogP contribution in [-0.4, -0.2) is 5.78 Å². The number of allylic oxidation sites excluding steroid dienone is 2. The molecule has 4 aromatic rings. The molecule has 0 N–H and O–H groups in total. The Kier molecular flexibility index (Phi) is 5.33. The highest BCUT2D eigenvalue weighted by Crippen LogP contribution is 2.41. The Bertz CT molecular complexity index is 1710. The van der Waals surface area contributed by atoms with Crippen LogP contribution in [0.1, 0.15) is 71.6 Å². The van der Waals surface area contributed by atoms with E-state index in [-0.39, 0.29) is 5.78 Å². The van der Waals surface area contributed by atoms with Gasteiger partial charge in [0.05, 0.1) is 0 Å². The maximum atomic E-state index is 14.2. The highest BCUT2D eigenvalue weighted by atomic mass is 16.1. The largest absolute Gasteiger partial charge is 0.289 e. The second kappa shape index (κ2) is 9.06. The van der Waals surface area contributed by atoms with Gasteiger partial charge in [-0.15, -0.1) is 0 Å². The molecule has 0 radical (unpaired) electrons. The van der Waals surface area contributed by atoms with Gasteiger partial charge in [-0.05, 0) is 131 Å². The molecule has 8 bridgehead atoms. The molecule has 0 amide bonds. The van der Waals surface area contributed by atoms with Crippen molar-refractivity contribution in [1.82, 2.24) is 0 Å². The summed E-state index contributed by atoms with van der Waals surface area (Å²) in [5.74, 6) is 0.241. The van der Waals surface area contributed by atoms with E-state index >= 15 is 0 Å². The summed E-state index contributed by atoms with van der Waals surface area (Å²) >= 11 is 0. The average molecular weight is 505 g/mol. The summed E-state index contributed by atoms with van der Waals surface area (Å²) in [7, 11) is 0. The van der Waals surface area contributed by atoms with E-state index in [0.717, 1.165) is 68.9 Å². The molecular weight excluding hydrogens is 472 g/mol. The number of rotatable bonds is 1. The Morgan fingerprint density at radius 1 is 0.436 bits per heavy atom. The lowest BCUT2D eigenvalue weighted by atomic mass is 9.89. The number of benzene rings is 4. The van der Waals surface area contributed by atoms with Gasteiger partial charge < -0.3 is 0 Å². The van der Waals surface area contributed by atoms with Gasteiger partial charge in [-0.3, -0.25) is 4.79 Å². The van der Waals surface area contributed by atoms with E-state index in [4.69, 9.17) is 0 Å². The molecule has 0 heterocycles. The van der Waals surface area contributed by atoms with Crippen LogP contribution < -0.4 is 0 Å². The smallest absolute Gasteiger partial charge is 0.194 e. The van der Waals surface area contributed by atoms with Gasteiger partial charge in [0.2, 0.25) is 0 Å². The number of carbonyl (C=O) groups excluding carboxylic acids is 1. The van der Waals surface area contributed by atoms with E-state index in [0.29, 0.717) is 0 Å². The van der Waals surface area contributed by atoms with Crippen LogP contribution in [-0.2, 0) is 57.8 Å². The maximum Gasteiger partial charge on any atom is 0.194 e. The molecule has 0 saturated heterocycles. The zero-order valence-corrected chi connectivity index (χ0v) is 22.4. The first-order valence-corrected chi connectivity index (χ1v) is 14.6. The highest BCUT2D eigenvalue weighted by molar-refractivity contribution is 6.22. The summed E-state index contributed by atoms with van der Waals surface area (Å²) < 4.78 is 0. The van der Waals surface area contributed by atoms with Crippen LogP contribution in [0.25, 0.3) is 12.2 Å². The third-order valence-corrected chi connectivity index (χ3v) is 9.54. The van der Waals surface area contributed by atoms with E-state index in [1.807, 2.05) is 0 Å². The Balaban J connectivity index is 1.17. The molecule has 10 aliphatic carbocycles. The predicted molar refractivity (Wildman–Crippen MR) is 159 cm³/mol. The lowest BCUT2D eigenvalue weighted by Gasteiger charge is -2.15. The van der Waals surface area contributed by atoms with Crippen molar-refractivity contribution < 1.29 is 4.79 Å². The third-order valence-electron chi connectivity index (χ3n) is 9.54.